The first-order valence-corrected chi connectivity index (χ1v) is 10.1. The quantitative estimate of drug-likeness (QED) is 0.464. The SMILES string of the molecule is COCn1c(=O)n(Cc2ccccc2)c(=O)c2[nH]c(Cc3ccc(NC(C)=O)cc3)nc21. The van der Waals surface area contributed by atoms with Crippen LogP contribution in [0.1, 0.15) is 23.9 Å². The summed E-state index contributed by atoms with van der Waals surface area (Å²) in [5.41, 5.74) is 2.08. The highest BCUT2D eigenvalue weighted by atomic mass is 16.5. The Morgan fingerprint density at radius 2 is 1.75 bits per heavy atom. The second kappa shape index (κ2) is 9.03. The summed E-state index contributed by atoms with van der Waals surface area (Å²) in [5, 5.41) is 2.72. The lowest BCUT2D eigenvalue weighted by atomic mass is 10.1. The number of aromatic amines is 1. The maximum absolute atomic E-state index is 13.1. The van der Waals surface area contributed by atoms with Gasteiger partial charge in [-0.2, -0.15) is 0 Å². The molecule has 32 heavy (non-hydrogen) atoms. The Morgan fingerprint density at radius 1 is 1.03 bits per heavy atom. The molecule has 0 saturated carbocycles. The van der Waals surface area contributed by atoms with Crippen molar-refractivity contribution in [3.8, 4) is 0 Å². The van der Waals surface area contributed by atoms with Gasteiger partial charge in [-0.25, -0.2) is 9.78 Å². The van der Waals surface area contributed by atoms with E-state index in [0.29, 0.717) is 17.9 Å². The van der Waals surface area contributed by atoms with Crippen molar-refractivity contribution in [1.29, 1.82) is 0 Å². The van der Waals surface area contributed by atoms with Gasteiger partial charge in [0.15, 0.2) is 5.65 Å². The third kappa shape index (κ3) is 4.37. The van der Waals surface area contributed by atoms with Crippen LogP contribution in [0.2, 0.25) is 0 Å². The molecule has 4 aromatic rings. The highest BCUT2D eigenvalue weighted by Crippen LogP contribution is 2.14. The van der Waals surface area contributed by atoms with Crippen molar-refractivity contribution in [2.45, 2.75) is 26.6 Å². The van der Waals surface area contributed by atoms with Gasteiger partial charge in [-0.3, -0.25) is 18.7 Å². The number of benzene rings is 2. The molecule has 0 aliphatic rings. The molecule has 2 aromatic heterocycles. The van der Waals surface area contributed by atoms with Gasteiger partial charge in [0, 0.05) is 26.1 Å². The predicted octanol–water partition coefficient (Wildman–Crippen LogP) is 2.09. The van der Waals surface area contributed by atoms with Crippen LogP contribution < -0.4 is 16.6 Å². The molecular formula is C23H23N5O4. The lowest BCUT2D eigenvalue weighted by Crippen LogP contribution is -2.40. The van der Waals surface area contributed by atoms with E-state index in [2.05, 4.69) is 15.3 Å². The maximum Gasteiger partial charge on any atom is 0.334 e. The first-order chi connectivity index (χ1) is 15.5. The van der Waals surface area contributed by atoms with Crippen molar-refractivity contribution in [3.05, 3.63) is 92.4 Å². The number of ether oxygens (including phenoxy) is 1. The molecule has 0 spiro atoms. The number of carbonyl (C=O) groups excluding carboxylic acids is 1. The Balaban J connectivity index is 1.73. The topological polar surface area (TPSA) is 111 Å². The van der Waals surface area contributed by atoms with Crippen LogP contribution in [-0.4, -0.2) is 32.1 Å². The lowest BCUT2D eigenvalue weighted by molar-refractivity contribution is -0.114. The van der Waals surface area contributed by atoms with Gasteiger partial charge < -0.3 is 15.0 Å². The van der Waals surface area contributed by atoms with E-state index in [1.807, 2.05) is 42.5 Å². The van der Waals surface area contributed by atoms with Crippen LogP contribution in [-0.2, 0) is 29.2 Å². The first kappa shape index (κ1) is 21.3. The molecule has 0 aliphatic carbocycles. The van der Waals surface area contributed by atoms with E-state index in [1.54, 1.807) is 12.1 Å². The Labute approximate surface area is 183 Å². The van der Waals surface area contributed by atoms with Crippen LogP contribution in [0.3, 0.4) is 0 Å². The van der Waals surface area contributed by atoms with Crippen LogP contribution in [0.15, 0.2) is 64.2 Å². The molecule has 0 aliphatic heterocycles. The van der Waals surface area contributed by atoms with Crippen LogP contribution in [0.5, 0.6) is 0 Å². The number of carbonyl (C=O) groups is 1. The number of nitrogens with zero attached hydrogens (tertiary/aromatic N) is 3. The number of aromatic nitrogens is 4. The van der Waals surface area contributed by atoms with Gasteiger partial charge in [-0.15, -0.1) is 0 Å². The Morgan fingerprint density at radius 3 is 2.41 bits per heavy atom. The van der Waals surface area contributed by atoms with Gasteiger partial charge in [0.1, 0.15) is 18.1 Å². The second-order valence-electron chi connectivity index (χ2n) is 7.44. The third-order valence-corrected chi connectivity index (χ3v) is 5.00. The average Bonchev–Trinajstić information content (AvgIpc) is 3.20. The number of nitrogens with one attached hydrogen (secondary N) is 2. The zero-order valence-corrected chi connectivity index (χ0v) is 17.8. The van der Waals surface area contributed by atoms with Crippen molar-refractivity contribution in [1.82, 2.24) is 19.1 Å². The van der Waals surface area contributed by atoms with Crippen molar-refractivity contribution >= 4 is 22.8 Å². The number of fused-ring (bicyclic) bond motifs is 1. The first-order valence-electron chi connectivity index (χ1n) is 10.1. The number of hydrogen-bond donors (Lipinski definition) is 2. The monoisotopic (exact) mass is 433 g/mol. The molecule has 0 radical (unpaired) electrons. The van der Waals surface area contributed by atoms with E-state index in [9.17, 15) is 14.4 Å². The van der Waals surface area contributed by atoms with E-state index in [4.69, 9.17) is 4.74 Å². The molecule has 1 amide bonds. The van der Waals surface area contributed by atoms with Crippen LogP contribution in [0.4, 0.5) is 5.69 Å². The largest absolute Gasteiger partial charge is 0.364 e. The summed E-state index contributed by atoms with van der Waals surface area (Å²) >= 11 is 0. The molecule has 2 aromatic carbocycles. The molecule has 0 bridgehead atoms. The van der Waals surface area contributed by atoms with Gasteiger partial charge in [0.25, 0.3) is 5.56 Å². The lowest BCUT2D eigenvalue weighted by Gasteiger charge is -2.10. The van der Waals surface area contributed by atoms with Gasteiger partial charge in [0.05, 0.1) is 6.54 Å². The van der Waals surface area contributed by atoms with Crippen molar-refractivity contribution < 1.29 is 9.53 Å². The van der Waals surface area contributed by atoms with E-state index >= 15 is 0 Å². The number of H-pyrrole nitrogens is 1. The van der Waals surface area contributed by atoms with Crippen molar-refractivity contribution in [2.24, 2.45) is 0 Å². The smallest absolute Gasteiger partial charge is 0.334 e. The summed E-state index contributed by atoms with van der Waals surface area (Å²) in [6.07, 6.45) is 0.425. The minimum absolute atomic E-state index is 0.0277. The van der Waals surface area contributed by atoms with Crippen LogP contribution >= 0.6 is 0 Å². The fourth-order valence-electron chi connectivity index (χ4n) is 3.55. The Bertz CT molecular complexity index is 1370. The normalized spacial score (nSPS) is 11.1. The number of amides is 1. The van der Waals surface area contributed by atoms with E-state index in [1.165, 1.54) is 23.2 Å². The van der Waals surface area contributed by atoms with E-state index in [0.717, 1.165) is 11.1 Å². The number of rotatable bonds is 7. The summed E-state index contributed by atoms with van der Waals surface area (Å²) in [6.45, 7) is 1.57. The van der Waals surface area contributed by atoms with Gasteiger partial charge >= 0.3 is 5.69 Å². The standard InChI is InChI=1S/C23H23N5O4/c1-15(29)24-18-10-8-16(9-11-18)12-19-25-20-21(26-19)28(14-32-2)23(31)27(22(20)30)13-17-6-4-3-5-7-17/h3-11H,12-14H2,1-2H3,(H,24,29)(H,25,26). The summed E-state index contributed by atoms with van der Waals surface area (Å²) in [7, 11) is 1.48. The molecule has 9 nitrogen and oxygen atoms in total. The Kier molecular flexibility index (Phi) is 6.00. The predicted molar refractivity (Wildman–Crippen MR) is 121 cm³/mol. The molecule has 9 heteroatoms. The molecule has 2 heterocycles. The molecule has 4 rings (SSSR count). The van der Waals surface area contributed by atoms with Crippen LogP contribution in [0, 0.1) is 0 Å². The van der Waals surface area contributed by atoms with Crippen molar-refractivity contribution in [3.63, 3.8) is 0 Å². The molecule has 0 atom stereocenters. The fourth-order valence-corrected chi connectivity index (χ4v) is 3.55. The van der Waals surface area contributed by atoms with Gasteiger partial charge in [-0.1, -0.05) is 42.5 Å². The summed E-state index contributed by atoms with van der Waals surface area (Å²) in [4.78, 5) is 44.9. The molecule has 0 unspecified atom stereocenters. The highest BCUT2D eigenvalue weighted by Gasteiger charge is 2.17. The number of methoxy groups -OCH3 is 1. The zero-order valence-electron chi connectivity index (χ0n) is 17.8. The van der Waals surface area contributed by atoms with E-state index < -0.39 is 11.2 Å². The zero-order chi connectivity index (χ0) is 22.7. The third-order valence-electron chi connectivity index (χ3n) is 5.00. The number of anilines is 1. The number of hydrogen-bond acceptors (Lipinski definition) is 5. The van der Waals surface area contributed by atoms with Gasteiger partial charge in [-0.05, 0) is 23.3 Å². The highest BCUT2D eigenvalue weighted by molar-refractivity contribution is 5.88. The van der Waals surface area contributed by atoms with Gasteiger partial charge in [0.2, 0.25) is 5.91 Å². The maximum atomic E-state index is 13.1. The van der Waals surface area contributed by atoms with E-state index in [-0.39, 0.29) is 30.3 Å². The van der Waals surface area contributed by atoms with Crippen LogP contribution in [0.25, 0.3) is 11.2 Å². The molecule has 0 fully saturated rings. The van der Waals surface area contributed by atoms with Crippen molar-refractivity contribution in [2.75, 3.05) is 12.4 Å². The summed E-state index contributed by atoms with van der Waals surface area (Å²) in [5.74, 6) is 0.407. The second-order valence-corrected chi connectivity index (χ2v) is 7.44. The molecule has 0 saturated heterocycles. The summed E-state index contributed by atoms with van der Waals surface area (Å²) < 4.78 is 7.72. The minimum atomic E-state index is -0.481. The summed E-state index contributed by atoms with van der Waals surface area (Å²) in [6, 6.07) is 16.7. The molecular weight excluding hydrogens is 410 g/mol. The number of imidazole rings is 1. The molecule has 164 valence electrons. The average molecular weight is 433 g/mol. The fraction of sp³-hybridized carbons (Fsp3) is 0.217. The molecule has 2 N–H and O–H groups in total. The minimum Gasteiger partial charge on any atom is -0.364 e. The Hall–Kier alpha value is -3.98.